The summed E-state index contributed by atoms with van der Waals surface area (Å²) in [6.45, 7) is 16.5. The molecule has 9 atom stereocenters. The number of alkyl halides is 1. The molecule has 0 spiro atoms. The van der Waals surface area contributed by atoms with Crippen LogP contribution in [0.4, 0.5) is 0 Å². The van der Waals surface area contributed by atoms with E-state index in [0.717, 1.165) is 54.8 Å². The Morgan fingerprint density at radius 3 is 2.31 bits per heavy atom. The number of halogens is 1. The van der Waals surface area contributed by atoms with Crippen molar-refractivity contribution in [3.63, 3.8) is 0 Å². The fourth-order valence-corrected chi connectivity index (χ4v) is 10.1. The van der Waals surface area contributed by atoms with Gasteiger partial charge in [-0.15, -0.1) is 0 Å². The maximum absolute atomic E-state index is 12.4. The molecule has 4 rings (SSSR count). The number of rotatable bonds is 5. The van der Waals surface area contributed by atoms with Crippen molar-refractivity contribution in [3.05, 3.63) is 0 Å². The van der Waals surface area contributed by atoms with Gasteiger partial charge in [-0.2, -0.15) is 0 Å². The van der Waals surface area contributed by atoms with Crippen molar-refractivity contribution in [3.8, 4) is 0 Å². The molecule has 0 bridgehead atoms. The Hall–Kier alpha value is -0.0500. The quantitative estimate of drug-likeness (QED) is 0.341. The number of nitrogens with zero attached hydrogens (tertiary/aromatic N) is 1. The van der Waals surface area contributed by atoms with Gasteiger partial charge < -0.3 is 4.90 Å². The second-order valence-electron chi connectivity index (χ2n) is 12.6. The van der Waals surface area contributed by atoms with Gasteiger partial charge in [0.15, 0.2) is 0 Å². The van der Waals surface area contributed by atoms with Gasteiger partial charge in [0.25, 0.3) is 0 Å². The van der Waals surface area contributed by atoms with Crippen molar-refractivity contribution in [1.29, 1.82) is 0 Å². The lowest BCUT2D eigenvalue weighted by atomic mass is 9.46. The fraction of sp³-hybridized carbons (Fsp3) is 0.966. The zero-order valence-electron chi connectivity index (χ0n) is 22.4. The lowest BCUT2D eigenvalue weighted by Crippen LogP contribution is -2.64. The Balaban J connectivity index is 0.00000141. The number of amides is 1. The van der Waals surface area contributed by atoms with Crippen LogP contribution < -0.4 is 0 Å². The van der Waals surface area contributed by atoms with E-state index in [1.165, 1.54) is 44.9 Å². The number of carbonyl (C=O) groups is 1. The van der Waals surface area contributed by atoms with Gasteiger partial charge >= 0.3 is 0 Å². The molecule has 0 aromatic carbocycles. The number of likely N-dealkylation sites (tertiary alicyclic amines) is 1. The minimum absolute atomic E-state index is 0.319. The molecule has 3 aliphatic carbocycles. The van der Waals surface area contributed by atoms with Gasteiger partial charge in [0.05, 0.1) is 0 Å². The van der Waals surface area contributed by atoms with E-state index in [1.807, 2.05) is 13.8 Å². The molecule has 0 aromatic rings. The Morgan fingerprint density at radius 1 is 1.00 bits per heavy atom. The van der Waals surface area contributed by atoms with Crippen LogP contribution in [0.15, 0.2) is 0 Å². The second-order valence-corrected chi connectivity index (χ2v) is 13.8. The number of piperidine rings is 1. The minimum atomic E-state index is 0.319. The van der Waals surface area contributed by atoms with Gasteiger partial charge in [-0.25, -0.2) is 0 Å². The summed E-state index contributed by atoms with van der Waals surface area (Å²) in [6.07, 6.45) is 12.9. The van der Waals surface area contributed by atoms with Gasteiger partial charge in [0.2, 0.25) is 5.91 Å². The zero-order valence-corrected chi connectivity index (χ0v) is 24.0. The molecular weight excluding hydrogens is 458 g/mol. The lowest BCUT2D eigenvalue weighted by Gasteiger charge is -2.63. The van der Waals surface area contributed by atoms with Crippen LogP contribution in [-0.2, 0) is 4.79 Å². The van der Waals surface area contributed by atoms with Gasteiger partial charge in [0.1, 0.15) is 0 Å². The van der Waals surface area contributed by atoms with E-state index < -0.39 is 0 Å². The second kappa shape index (κ2) is 10.3. The van der Waals surface area contributed by atoms with Crippen LogP contribution in [0, 0.1) is 46.3 Å². The summed E-state index contributed by atoms with van der Waals surface area (Å²) < 4.78 is 0. The normalized spacial score (nSPS) is 44.3. The predicted molar refractivity (Wildman–Crippen MR) is 141 cm³/mol. The van der Waals surface area contributed by atoms with Crippen LogP contribution in [0.5, 0.6) is 0 Å². The van der Waals surface area contributed by atoms with Crippen LogP contribution in [0.3, 0.4) is 0 Å². The van der Waals surface area contributed by atoms with E-state index >= 15 is 0 Å². The number of carbonyl (C=O) groups excluding carboxylic acids is 1. The van der Waals surface area contributed by atoms with E-state index in [1.54, 1.807) is 0 Å². The van der Waals surface area contributed by atoms with Crippen LogP contribution in [0.25, 0.3) is 0 Å². The molecule has 1 saturated heterocycles. The van der Waals surface area contributed by atoms with Gasteiger partial charge in [-0.3, -0.25) is 4.79 Å². The molecule has 0 N–H and O–H groups in total. The molecule has 4 fully saturated rings. The molecule has 32 heavy (non-hydrogen) atoms. The van der Waals surface area contributed by atoms with Gasteiger partial charge in [0, 0.05) is 24.3 Å². The summed E-state index contributed by atoms with van der Waals surface area (Å²) >= 11 is 4.20. The van der Waals surface area contributed by atoms with E-state index in [4.69, 9.17) is 0 Å². The molecule has 186 valence electrons. The first-order valence-electron chi connectivity index (χ1n) is 14.0. The van der Waals surface area contributed by atoms with Crippen LogP contribution in [0.1, 0.15) is 113 Å². The Kier molecular flexibility index (Phi) is 8.54. The number of hydrogen-bond acceptors (Lipinski definition) is 1. The Bertz CT molecular complexity index is 649. The van der Waals surface area contributed by atoms with Crippen LogP contribution in [-0.4, -0.2) is 28.7 Å². The summed E-state index contributed by atoms with van der Waals surface area (Å²) in [5, 5.41) is 0. The van der Waals surface area contributed by atoms with Crippen molar-refractivity contribution in [1.82, 2.24) is 4.90 Å². The van der Waals surface area contributed by atoms with Crippen molar-refractivity contribution in [2.24, 2.45) is 46.3 Å². The third-order valence-corrected chi connectivity index (χ3v) is 11.7. The Morgan fingerprint density at radius 2 is 1.66 bits per heavy atom. The van der Waals surface area contributed by atoms with E-state index in [0.29, 0.717) is 27.6 Å². The molecule has 4 aliphatic rings. The van der Waals surface area contributed by atoms with Crippen molar-refractivity contribution >= 4 is 21.8 Å². The summed E-state index contributed by atoms with van der Waals surface area (Å²) in [4.78, 5) is 15.1. The molecule has 3 heteroatoms. The first-order chi connectivity index (χ1) is 15.1. The number of fused-ring (bicyclic) bond motifs is 5. The van der Waals surface area contributed by atoms with Gasteiger partial charge in [-0.05, 0) is 84.9 Å². The third kappa shape index (κ3) is 4.47. The largest absolute Gasteiger partial charge is 0.342 e. The molecule has 1 amide bonds. The highest BCUT2D eigenvalue weighted by molar-refractivity contribution is 9.09. The summed E-state index contributed by atoms with van der Waals surface area (Å²) in [5.74, 6) is 5.45. The smallest absolute Gasteiger partial charge is 0.222 e. The monoisotopic (exact) mass is 509 g/mol. The first-order valence-corrected chi connectivity index (χ1v) is 14.9. The fourth-order valence-electron chi connectivity index (χ4n) is 9.06. The van der Waals surface area contributed by atoms with E-state index in [-0.39, 0.29) is 0 Å². The van der Waals surface area contributed by atoms with E-state index in [2.05, 4.69) is 62.5 Å². The molecule has 7 unspecified atom stereocenters. The summed E-state index contributed by atoms with van der Waals surface area (Å²) in [5.41, 5.74) is 0.851. The molecule has 2 nitrogen and oxygen atoms in total. The highest BCUT2D eigenvalue weighted by Gasteiger charge is 2.63. The minimum Gasteiger partial charge on any atom is -0.342 e. The highest BCUT2D eigenvalue weighted by atomic mass is 79.9. The summed E-state index contributed by atoms with van der Waals surface area (Å²) in [7, 11) is 2.07. The number of hydrogen-bond donors (Lipinski definition) is 0. The molecule has 0 radical (unpaired) electrons. The molecule has 1 aliphatic heterocycles. The van der Waals surface area contributed by atoms with Crippen LogP contribution >= 0.6 is 15.9 Å². The zero-order chi connectivity index (χ0) is 23.8. The van der Waals surface area contributed by atoms with Crippen molar-refractivity contribution in [2.45, 2.75) is 124 Å². The van der Waals surface area contributed by atoms with Crippen LogP contribution in [0.2, 0.25) is 0 Å². The maximum atomic E-state index is 12.4. The molecular formula is C29H52BrNO. The predicted octanol–water partition coefficient (Wildman–Crippen LogP) is 8.33. The SMILES string of the molecule is CC.CC(C)CCCC(C)C1CCC2C3C(Br)CC4N(C)C(=O)CC[C@]4(C)C3CC[C@]12C. The summed E-state index contributed by atoms with van der Waals surface area (Å²) in [6, 6.07) is 0.431. The van der Waals surface area contributed by atoms with Gasteiger partial charge in [-0.1, -0.05) is 83.7 Å². The topological polar surface area (TPSA) is 20.3 Å². The molecule has 1 heterocycles. The maximum Gasteiger partial charge on any atom is 0.222 e. The van der Waals surface area contributed by atoms with Crippen molar-refractivity contribution < 1.29 is 4.79 Å². The molecule has 0 aromatic heterocycles. The molecule has 3 saturated carbocycles. The third-order valence-electron chi connectivity index (χ3n) is 10.7. The highest BCUT2D eigenvalue weighted by Crippen LogP contribution is 2.68. The lowest BCUT2D eigenvalue weighted by molar-refractivity contribution is -0.157. The first kappa shape index (κ1) is 26.6. The van der Waals surface area contributed by atoms with Crippen molar-refractivity contribution in [2.75, 3.05) is 7.05 Å². The average Bonchev–Trinajstić information content (AvgIpc) is 3.11. The Labute approximate surface area is 208 Å². The average molecular weight is 511 g/mol. The van der Waals surface area contributed by atoms with E-state index in [9.17, 15) is 4.79 Å². The standard InChI is InChI=1S/C27H46BrNO.C2H6/c1-17(2)8-7-9-18(3)19-10-11-20-25-21(12-14-26(19,20)4)27(5)15-13-24(30)29(6)23(27)16-22(25)28;1-2/h17-23,25H,7-16H2,1-6H3;1-2H3/t18?,19?,20?,21?,22?,23?,25?,26-,27-;/m1./s1.